The average Bonchev–Trinajstić information content (AvgIpc) is 2.83. The lowest BCUT2D eigenvalue weighted by Gasteiger charge is -2.30. The molecule has 0 saturated heterocycles. The fourth-order valence-corrected chi connectivity index (χ4v) is 3.64. The van der Waals surface area contributed by atoms with E-state index in [4.69, 9.17) is 14.2 Å². The molecule has 0 bridgehead atoms. The summed E-state index contributed by atoms with van der Waals surface area (Å²) in [6.07, 6.45) is 0.869. The summed E-state index contributed by atoms with van der Waals surface area (Å²) in [5, 5.41) is 2.87. The summed E-state index contributed by atoms with van der Waals surface area (Å²) in [7, 11) is 0. The number of carbonyl (C=O) groups excluding carboxylic acids is 2. The number of hydrogen-bond acceptors (Lipinski definition) is 5. The molecule has 0 aromatic heterocycles. The molecule has 0 aliphatic carbocycles. The Morgan fingerprint density at radius 1 is 0.971 bits per heavy atom. The van der Waals surface area contributed by atoms with Crippen LogP contribution < -0.4 is 24.4 Å². The van der Waals surface area contributed by atoms with E-state index in [0.29, 0.717) is 36.7 Å². The largest absolute Gasteiger partial charge is 0.494 e. The predicted molar refractivity (Wildman–Crippen MR) is 131 cm³/mol. The zero-order chi connectivity index (χ0) is 23.8. The first-order valence-corrected chi connectivity index (χ1v) is 11.3. The van der Waals surface area contributed by atoms with Crippen molar-refractivity contribution >= 4 is 23.2 Å². The van der Waals surface area contributed by atoms with Gasteiger partial charge in [0.1, 0.15) is 17.2 Å². The number of hydrogen-bond donors (Lipinski definition) is 1. The van der Waals surface area contributed by atoms with Gasteiger partial charge in [0.2, 0.25) is 5.91 Å². The van der Waals surface area contributed by atoms with Crippen molar-refractivity contribution in [2.75, 3.05) is 36.6 Å². The smallest absolute Gasteiger partial charge is 0.265 e. The molecule has 7 nitrogen and oxygen atoms in total. The molecule has 176 valence electrons. The number of ether oxygens (including phenoxy) is 3. The molecule has 3 aromatic carbocycles. The normalized spacial score (nSPS) is 12.5. The van der Waals surface area contributed by atoms with Crippen LogP contribution in [0.2, 0.25) is 0 Å². The third-order valence-electron chi connectivity index (χ3n) is 5.31. The summed E-state index contributed by atoms with van der Waals surface area (Å²) in [5.41, 5.74) is 2.38. The van der Waals surface area contributed by atoms with Crippen LogP contribution >= 0.6 is 0 Å². The summed E-state index contributed by atoms with van der Waals surface area (Å²) in [6.45, 7) is 3.26. The van der Waals surface area contributed by atoms with Crippen molar-refractivity contribution < 1.29 is 23.8 Å². The number of rotatable bonds is 10. The highest BCUT2D eigenvalue weighted by molar-refractivity contribution is 5.99. The van der Waals surface area contributed by atoms with Gasteiger partial charge in [0, 0.05) is 12.2 Å². The summed E-state index contributed by atoms with van der Waals surface area (Å²) >= 11 is 0. The second kappa shape index (κ2) is 11.2. The van der Waals surface area contributed by atoms with E-state index in [9.17, 15) is 9.59 Å². The van der Waals surface area contributed by atoms with Crippen molar-refractivity contribution in [3.8, 4) is 17.2 Å². The molecule has 0 fully saturated rings. The van der Waals surface area contributed by atoms with E-state index in [1.165, 1.54) is 0 Å². The lowest BCUT2D eigenvalue weighted by atomic mass is 10.2. The third kappa shape index (κ3) is 6.28. The van der Waals surface area contributed by atoms with Gasteiger partial charge in [-0.25, -0.2) is 0 Å². The van der Waals surface area contributed by atoms with Gasteiger partial charge in [-0.3, -0.25) is 9.59 Å². The van der Waals surface area contributed by atoms with Crippen LogP contribution in [0.1, 0.15) is 18.4 Å². The number of carbonyl (C=O) groups is 2. The highest BCUT2D eigenvalue weighted by Crippen LogP contribution is 2.34. The highest BCUT2D eigenvalue weighted by Gasteiger charge is 2.25. The summed E-state index contributed by atoms with van der Waals surface area (Å²) < 4.78 is 17.0. The quantitative estimate of drug-likeness (QED) is 0.448. The molecule has 1 heterocycles. The van der Waals surface area contributed by atoms with Crippen LogP contribution in [0.4, 0.5) is 11.4 Å². The van der Waals surface area contributed by atoms with Crippen molar-refractivity contribution in [3.63, 3.8) is 0 Å². The zero-order valence-electron chi connectivity index (χ0n) is 19.2. The van der Waals surface area contributed by atoms with Gasteiger partial charge in [-0.1, -0.05) is 30.3 Å². The molecule has 3 aromatic rings. The van der Waals surface area contributed by atoms with Gasteiger partial charge in [-0.15, -0.1) is 0 Å². The molecule has 0 unspecified atom stereocenters. The third-order valence-corrected chi connectivity index (χ3v) is 5.31. The van der Waals surface area contributed by atoms with Crippen molar-refractivity contribution in [3.05, 3.63) is 78.4 Å². The van der Waals surface area contributed by atoms with Gasteiger partial charge in [0.05, 0.1) is 25.3 Å². The maximum atomic E-state index is 12.5. The molecule has 0 spiro atoms. The van der Waals surface area contributed by atoms with Gasteiger partial charge < -0.3 is 24.4 Å². The Morgan fingerprint density at radius 3 is 2.59 bits per heavy atom. The predicted octanol–water partition coefficient (Wildman–Crippen LogP) is 4.60. The summed E-state index contributed by atoms with van der Waals surface area (Å²) in [6, 6.07) is 22.5. The van der Waals surface area contributed by atoms with E-state index in [2.05, 4.69) is 5.32 Å². The molecule has 1 aliphatic heterocycles. The maximum Gasteiger partial charge on any atom is 0.265 e. The molecule has 0 saturated carbocycles. The average molecular weight is 461 g/mol. The minimum Gasteiger partial charge on any atom is -0.494 e. The summed E-state index contributed by atoms with van der Waals surface area (Å²) in [5.74, 6) is 1.86. The SMILES string of the molecule is Cc1cccc(OCCCN2C(=O)COc3ccc(NC(=O)CCOc4ccccc4)cc32)c1. The first kappa shape index (κ1) is 23.2. The highest BCUT2D eigenvalue weighted by atomic mass is 16.5. The Labute approximate surface area is 199 Å². The first-order chi connectivity index (χ1) is 16.6. The van der Waals surface area contributed by atoms with Crippen molar-refractivity contribution in [2.24, 2.45) is 0 Å². The summed E-state index contributed by atoms with van der Waals surface area (Å²) in [4.78, 5) is 26.6. The zero-order valence-corrected chi connectivity index (χ0v) is 19.2. The molecular weight excluding hydrogens is 432 g/mol. The Bertz CT molecular complexity index is 1130. The molecule has 0 radical (unpaired) electrons. The van der Waals surface area contributed by atoms with E-state index in [1.54, 1.807) is 23.1 Å². The number of nitrogens with zero attached hydrogens (tertiary/aromatic N) is 1. The Morgan fingerprint density at radius 2 is 1.76 bits per heavy atom. The molecule has 7 heteroatoms. The fraction of sp³-hybridized carbons (Fsp3) is 0.259. The molecule has 1 N–H and O–H groups in total. The van der Waals surface area contributed by atoms with Crippen LogP contribution in [0.15, 0.2) is 72.8 Å². The number of aryl methyl sites for hydroxylation is 1. The molecule has 1 aliphatic rings. The van der Waals surface area contributed by atoms with Crippen LogP contribution in [0.25, 0.3) is 0 Å². The molecule has 4 rings (SSSR count). The Balaban J connectivity index is 1.31. The van der Waals surface area contributed by atoms with E-state index < -0.39 is 0 Å². The van der Waals surface area contributed by atoms with Gasteiger partial charge in [0.15, 0.2) is 6.61 Å². The number of benzene rings is 3. The lowest BCUT2D eigenvalue weighted by Crippen LogP contribution is -2.39. The van der Waals surface area contributed by atoms with E-state index in [1.807, 2.05) is 61.5 Å². The lowest BCUT2D eigenvalue weighted by molar-refractivity contribution is -0.121. The van der Waals surface area contributed by atoms with Gasteiger partial charge >= 0.3 is 0 Å². The fourth-order valence-electron chi connectivity index (χ4n) is 3.64. The topological polar surface area (TPSA) is 77.1 Å². The first-order valence-electron chi connectivity index (χ1n) is 11.3. The number of para-hydroxylation sites is 1. The maximum absolute atomic E-state index is 12.5. The minimum absolute atomic E-state index is 0.00569. The van der Waals surface area contributed by atoms with Crippen LogP contribution in [-0.4, -0.2) is 38.2 Å². The number of fused-ring (bicyclic) bond motifs is 1. The number of nitrogens with one attached hydrogen (secondary N) is 1. The molecular formula is C27H28N2O5. The number of anilines is 2. The van der Waals surface area contributed by atoms with Crippen LogP contribution in [-0.2, 0) is 9.59 Å². The molecule has 34 heavy (non-hydrogen) atoms. The Hall–Kier alpha value is -4.00. The minimum atomic E-state index is -0.169. The van der Waals surface area contributed by atoms with E-state index in [-0.39, 0.29) is 31.4 Å². The van der Waals surface area contributed by atoms with Crippen LogP contribution in [0.3, 0.4) is 0 Å². The second-order valence-electron chi connectivity index (χ2n) is 7.99. The van der Waals surface area contributed by atoms with Crippen LogP contribution in [0, 0.1) is 6.92 Å². The van der Waals surface area contributed by atoms with E-state index >= 15 is 0 Å². The van der Waals surface area contributed by atoms with Crippen molar-refractivity contribution in [1.82, 2.24) is 0 Å². The van der Waals surface area contributed by atoms with Crippen LogP contribution in [0.5, 0.6) is 17.2 Å². The molecule has 0 atom stereocenters. The van der Waals surface area contributed by atoms with Gasteiger partial charge in [0.25, 0.3) is 5.91 Å². The van der Waals surface area contributed by atoms with Crippen molar-refractivity contribution in [1.29, 1.82) is 0 Å². The second-order valence-corrected chi connectivity index (χ2v) is 7.99. The Kier molecular flexibility index (Phi) is 7.65. The molecule has 2 amide bonds. The standard InChI is InChI=1S/C27H28N2O5/c1-20-7-5-10-23(17-20)32-15-6-14-29-24-18-21(11-12-25(24)34-19-27(29)31)28-26(30)13-16-33-22-8-3-2-4-9-22/h2-5,7-12,17-18H,6,13-16,19H2,1H3,(H,28,30). The monoisotopic (exact) mass is 460 g/mol. The van der Waals surface area contributed by atoms with Crippen molar-refractivity contribution in [2.45, 2.75) is 19.8 Å². The van der Waals surface area contributed by atoms with Gasteiger partial charge in [-0.05, 0) is 61.4 Å². The van der Waals surface area contributed by atoms with Gasteiger partial charge in [-0.2, -0.15) is 0 Å². The van der Waals surface area contributed by atoms with E-state index in [0.717, 1.165) is 17.1 Å². The number of amides is 2.